The smallest absolute Gasteiger partial charge is 0.0794 e. The van der Waals surface area contributed by atoms with Crippen LogP contribution in [0.3, 0.4) is 0 Å². The normalized spacial score (nSPS) is 29.0. The van der Waals surface area contributed by atoms with E-state index in [2.05, 4.69) is 20.9 Å². The molecule has 1 heterocycles. The molecule has 1 aliphatic rings. The molecule has 2 atom stereocenters. The zero-order valence-corrected chi connectivity index (χ0v) is 9.98. The summed E-state index contributed by atoms with van der Waals surface area (Å²) in [7, 11) is 0. The van der Waals surface area contributed by atoms with Crippen LogP contribution in [-0.2, 0) is 6.42 Å². The van der Waals surface area contributed by atoms with Crippen molar-refractivity contribution in [2.75, 3.05) is 0 Å². The van der Waals surface area contributed by atoms with Gasteiger partial charge in [0.25, 0.3) is 0 Å². The van der Waals surface area contributed by atoms with Crippen LogP contribution < -0.4 is 0 Å². The lowest BCUT2D eigenvalue weighted by atomic mass is 9.87. The van der Waals surface area contributed by atoms with Crippen molar-refractivity contribution in [3.05, 3.63) is 16.6 Å². The van der Waals surface area contributed by atoms with Gasteiger partial charge in [0.2, 0.25) is 0 Å². The molecule has 3 heteroatoms. The first kappa shape index (κ1) is 9.66. The van der Waals surface area contributed by atoms with Gasteiger partial charge in [-0.15, -0.1) is 11.3 Å². The van der Waals surface area contributed by atoms with Gasteiger partial charge in [-0.1, -0.05) is 28.8 Å². The Bertz CT molecular complexity index is 247. The maximum absolute atomic E-state index is 4.11. The van der Waals surface area contributed by atoms with Crippen LogP contribution in [0.1, 0.15) is 30.6 Å². The number of nitrogens with zero attached hydrogens (tertiary/aromatic N) is 1. The van der Waals surface area contributed by atoms with Gasteiger partial charge in [0.15, 0.2) is 0 Å². The lowest BCUT2D eigenvalue weighted by Crippen LogP contribution is -2.16. The molecule has 1 nitrogen and oxygen atoms in total. The number of hydrogen-bond donors (Lipinski definition) is 0. The van der Waals surface area contributed by atoms with Crippen molar-refractivity contribution in [1.29, 1.82) is 0 Å². The number of thiazole rings is 1. The summed E-state index contributed by atoms with van der Waals surface area (Å²) in [5.74, 6) is 0.888. The van der Waals surface area contributed by atoms with Gasteiger partial charge < -0.3 is 0 Å². The quantitative estimate of drug-likeness (QED) is 0.740. The molecule has 2 rings (SSSR count). The predicted octanol–water partition coefficient (Wildman–Crippen LogP) is 3.64. The molecule has 0 saturated heterocycles. The Hall–Kier alpha value is 0.110. The van der Waals surface area contributed by atoms with Gasteiger partial charge in [0, 0.05) is 15.9 Å². The predicted molar refractivity (Wildman–Crippen MR) is 60.5 cm³/mol. The minimum Gasteiger partial charge on any atom is -0.253 e. The molecule has 0 radical (unpaired) electrons. The van der Waals surface area contributed by atoms with E-state index in [1.54, 1.807) is 11.3 Å². The highest BCUT2D eigenvalue weighted by Crippen LogP contribution is 2.31. The molecule has 1 saturated carbocycles. The number of hydrogen-bond acceptors (Lipinski definition) is 2. The molecule has 0 aliphatic heterocycles. The van der Waals surface area contributed by atoms with Crippen molar-refractivity contribution < 1.29 is 0 Å². The Morgan fingerprint density at radius 2 is 2.46 bits per heavy atom. The van der Waals surface area contributed by atoms with E-state index in [4.69, 9.17) is 0 Å². The second-order valence-electron chi connectivity index (χ2n) is 3.80. The third-order valence-electron chi connectivity index (χ3n) is 2.69. The Kier molecular flexibility index (Phi) is 3.39. The molecule has 72 valence electrons. The van der Waals surface area contributed by atoms with Gasteiger partial charge in [-0.25, -0.2) is 0 Å². The highest BCUT2D eigenvalue weighted by molar-refractivity contribution is 9.09. The Morgan fingerprint density at radius 3 is 3.15 bits per heavy atom. The Labute approximate surface area is 91.7 Å². The fourth-order valence-electron chi connectivity index (χ4n) is 2.04. The van der Waals surface area contributed by atoms with Crippen LogP contribution >= 0.6 is 27.3 Å². The van der Waals surface area contributed by atoms with E-state index in [0.29, 0.717) is 0 Å². The van der Waals surface area contributed by atoms with Crippen LogP contribution in [-0.4, -0.2) is 9.81 Å². The zero-order chi connectivity index (χ0) is 9.10. The number of rotatable bonds is 2. The van der Waals surface area contributed by atoms with Gasteiger partial charge in [-0.3, -0.25) is 4.98 Å². The summed E-state index contributed by atoms with van der Waals surface area (Å²) < 4.78 is 0. The van der Waals surface area contributed by atoms with Crippen molar-refractivity contribution >= 4 is 27.3 Å². The third kappa shape index (κ3) is 2.78. The first-order chi connectivity index (χ1) is 6.34. The first-order valence-corrected chi connectivity index (χ1v) is 6.65. The topological polar surface area (TPSA) is 12.9 Å². The van der Waals surface area contributed by atoms with Crippen LogP contribution in [0.25, 0.3) is 0 Å². The molecule has 1 aromatic rings. The molecule has 0 N–H and O–H groups in total. The van der Waals surface area contributed by atoms with E-state index in [1.807, 2.05) is 11.7 Å². The molecule has 0 spiro atoms. The third-order valence-corrected chi connectivity index (χ3v) is 4.33. The number of halogens is 1. The summed E-state index contributed by atoms with van der Waals surface area (Å²) >= 11 is 5.51. The molecule has 0 aromatic carbocycles. The van der Waals surface area contributed by atoms with Crippen molar-refractivity contribution in [2.45, 2.75) is 36.9 Å². The van der Waals surface area contributed by atoms with E-state index < -0.39 is 0 Å². The molecule has 0 bridgehead atoms. The van der Waals surface area contributed by atoms with Gasteiger partial charge in [0.05, 0.1) is 5.51 Å². The van der Waals surface area contributed by atoms with Crippen molar-refractivity contribution in [2.24, 2.45) is 5.92 Å². The molecule has 1 aliphatic carbocycles. The van der Waals surface area contributed by atoms with Crippen LogP contribution in [0.4, 0.5) is 0 Å². The standard InChI is InChI=1S/C10H14BrNS/c11-9-3-1-2-8(4-9)5-10-6-12-7-13-10/h6-9H,1-5H2. The molecule has 0 amide bonds. The van der Waals surface area contributed by atoms with Gasteiger partial charge >= 0.3 is 0 Å². The molecule has 1 aromatic heterocycles. The monoisotopic (exact) mass is 259 g/mol. The molecule has 2 unspecified atom stereocenters. The summed E-state index contributed by atoms with van der Waals surface area (Å²) in [4.78, 5) is 6.33. The van der Waals surface area contributed by atoms with E-state index in [-0.39, 0.29) is 0 Å². The van der Waals surface area contributed by atoms with Crippen molar-refractivity contribution in [3.63, 3.8) is 0 Å². The fourth-order valence-corrected chi connectivity index (χ4v) is 3.60. The lowest BCUT2D eigenvalue weighted by molar-refractivity contribution is 0.369. The largest absolute Gasteiger partial charge is 0.253 e. The summed E-state index contributed by atoms with van der Waals surface area (Å²) in [5, 5.41) is 0. The van der Waals surface area contributed by atoms with Crippen LogP contribution in [0.5, 0.6) is 0 Å². The SMILES string of the molecule is BrC1CCCC(Cc2cncs2)C1. The summed E-state index contributed by atoms with van der Waals surface area (Å²) in [6.45, 7) is 0. The minimum atomic E-state index is 0.763. The van der Waals surface area contributed by atoms with Crippen molar-refractivity contribution in [3.8, 4) is 0 Å². The Morgan fingerprint density at radius 1 is 1.54 bits per heavy atom. The highest BCUT2D eigenvalue weighted by Gasteiger charge is 2.20. The van der Waals surface area contributed by atoms with Gasteiger partial charge in [-0.2, -0.15) is 0 Å². The van der Waals surface area contributed by atoms with Gasteiger partial charge in [0.1, 0.15) is 0 Å². The first-order valence-electron chi connectivity index (χ1n) is 4.86. The second kappa shape index (κ2) is 4.56. The second-order valence-corrected chi connectivity index (χ2v) is 6.07. The summed E-state index contributed by atoms with van der Waals surface area (Å²) in [6, 6.07) is 0. The summed E-state index contributed by atoms with van der Waals surface area (Å²) in [6.07, 6.45) is 8.76. The van der Waals surface area contributed by atoms with Crippen LogP contribution in [0.15, 0.2) is 11.7 Å². The van der Waals surface area contributed by atoms with Crippen LogP contribution in [0.2, 0.25) is 0 Å². The molecule has 1 fully saturated rings. The average Bonchev–Trinajstić information content (AvgIpc) is 2.57. The summed E-state index contributed by atoms with van der Waals surface area (Å²) in [5.41, 5.74) is 1.93. The minimum absolute atomic E-state index is 0.763. The maximum atomic E-state index is 4.11. The maximum Gasteiger partial charge on any atom is 0.0794 e. The fraction of sp³-hybridized carbons (Fsp3) is 0.700. The number of aromatic nitrogens is 1. The molecular weight excluding hydrogens is 246 g/mol. The van der Waals surface area contributed by atoms with Gasteiger partial charge in [-0.05, 0) is 25.2 Å². The highest BCUT2D eigenvalue weighted by atomic mass is 79.9. The molecule has 13 heavy (non-hydrogen) atoms. The Balaban J connectivity index is 1.87. The molecular formula is C10H14BrNS. The average molecular weight is 260 g/mol. The lowest BCUT2D eigenvalue weighted by Gasteiger charge is -2.24. The van der Waals surface area contributed by atoms with E-state index in [9.17, 15) is 0 Å². The number of alkyl halides is 1. The van der Waals surface area contributed by atoms with Crippen molar-refractivity contribution in [1.82, 2.24) is 4.98 Å². The van der Waals surface area contributed by atoms with E-state index in [1.165, 1.54) is 37.0 Å². The zero-order valence-electron chi connectivity index (χ0n) is 7.58. The van der Waals surface area contributed by atoms with Crippen LogP contribution in [0, 0.1) is 5.92 Å². The van der Waals surface area contributed by atoms with E-state index in [0.717, 1.165) is 10.7 Å². The van der Waals surface area contributed by atoms with E-state index >= 15 is 0 Å².